The first-order chi connectivity index (χ1) is 7.61. The molecule has 0 aliphatic rings. The van der Waals surface area contributed by atoms with E-state index in [-0.39, 0.29) is 18.4 Å². The Morgan fingerprint density at radius 3 is 3.12 bits per heavy atom. The highest BCUT2D eigenvalue weighted by molar-refractivity contribution is 9.10. The van der Waals surface area contributed by atoms with Crippen molar-refractivity contribution in [2.75, 3.05) is 12.8 Å². The fourth-order valence-electron chi connectivity index (χ4n) is 1.38. The molecule has 2 aromatic heterocycles. The Morgan fingerprint density at radius 2 is 2.44 bits per heavy atom. The molecule has 0 aliphatic carbocycles. The molecule has 1 amide bonds. The van der Waals surface area contributed by atoms with E-state index in [1.165, 1.54) is 0 Å². The largest absolute Gasteiger partial charge is 0.369 e. The predicted molar refractivity (Wildman–Crippen MR) is 63.7 cm³/mol. The number of hydrogen-bond donors (Lipinski definition) is 2. The molecule has 0 spiro atoms. The topological polar surface area (TPSA) is 85.8 Å². The second-order valence-electron chi connectivity index (χ2n) is 3.23. The number of amides is 1. The highest BCUT2D eigenvalue weighted by Gasteiger charge is 2.11. The average Bonchev–Trinajstić information content (AvgIpc) is 2.54. The summed E-state index contributed by atoms with van der Waals surface area (Å²) in [5.74, 6) is 0.139. The van der Waals surface area contributed by atoms with Crippen LogP contribution in [0.4, 0.5) is 5.95 Å². The number of nitrogens with two attached hydrogens (primary N) is 1. The number of imidazole rings is 1. The van der Waals surface area contributed by atoms with Crippen LogP contribution in [0.2, 0.25) is 0 Å². The van der Waals surface area contributed by atoms with Gasteiger partial charge in [0, 0.05) is 17.7 Å². The molecule has 6 nitrogen and oxygen atoms in total. The molecule has 84 valence electrons. The molecule has 0 saturated heterocycles. The summed E-state index contributed by atoms with van der Waals surface area (Å²) in [6, 6.07) is 1.80. The maximum absolute atomic E-state index is 11.3. The third-order valence-corrected chi connectivity index (χ3v) is 2.60. The van der Waals surface area contributed by atoms with Crippen LogP contribution in [0.3, 0.4) is 0 Å². The summed E-state index contributed by atoms with van der Waals surface area (Å²) in [5, 5.41) is 2.53. The van der Waals surface area contributed by atoms with E-state index in [0.717, 1.165) is 4.47 Å². The number of carbonyl (C=O) groups is 1. The van der Waals surface area contributed by atoms with Gasteiger partial charge >= 0.3 is 0 Å². The van der Waals surface area contributed by atoms with E-state index in [2.05, 4.69) is 31.2 Å². The minimum Gasteiger partial charge on any atom is -0.369 e. The third-order valence-electron chi connectivity index (χ3n) is 2.16. The molecule has 16 heavy (non-hydrogen) atoms. The lowest BCUT2D eigenvalue weighted by molar-refractivity contribution is -0.121. The standard InChI is InChI=1S/C9H10BrN5O/c1-12-7(16)4-15-8-6(14-9(15)11)2-5(10)3-13-8/h2-3H,4H2,1H3,(H2,11,14)(H,12,16). The summed E-state index contributed by atoms with van der Waals surface area (Å²) in [7, 11) is 1.57. The fourth-order valence-corrected chi connectivity index (χ4v) is 1.70. The van der Waals surface area contributed by atoms with Crippen LogP contribution >= 0.6 is 15.9 Å². The number of rotatable bonds is 2. The molecular weight excluding hydrogens is 274 g/mol. The SMILES string of the molecule is CNC(=O)Cn1c(N)nc2cc(Br)cnc21. The van der Waals surface area contributed by atoms with Gasteiger partial charge in [0.2, 0.25) is 11.9 Å². The maximum Gasteiger partial charge on any atom is 0.239 e. The number of carbonyl (C=O) groups excluding carboxylic acids is 1. The summed E-state index contributed by atoms with van der Waals surface area (Å²) in [5.41, 5.74) is 6.99. The zero-order chi connectivity index (χ0) is 11.7. The van der Waals surface area contributed by atoms with Gasteiger partial charge in [0.15, 0.2) is 5.65 Å². The van der Waals surface area contributed by atoms with Crippen LogP contribution < -0.4 is 11.1 Å². The second kappa shape index (κ2) is 4.09. The van der Waals surface area contributed by atoms with Crippen molar-refractivity contribution in [2.24, 2.45) is 0 Å². The van der Waals surface area contributed by atoms with Crippen LogP contribution in [-0.2, 0) is 11.3 Å². The first-order valence-electron chi connectivity index (χ1n) is 4.59. The zero-order valence-electron chi connectivity index (χ0n) is 8.57. The molecule has 0 aliphatic heterocycles. The van der Waals surface area contributed by atoms with Gasteiger partial charge < -0.3 is 11.1 Å². The molecule has 3 N–H and O–H groups in total. The lowest BCUT2D eigenvalue weighted by atomic mass is 10.4. The normalized spacial score (nSPS) is 10.6. The van der Waals surface area contributed by atoms with Crippen LogP contribution in [0.15, 0.2) is 16.7 Å². The van der Waals surface area contributed by atoms with Crippen molar-refractivity contribution in [2.45, 2.75) is 6.54 Å². The van der Waals surface area contributed by atoms with Gasteiger partial charge in [0.1, 0.15) is 12.1 Å². The maximum atomic E-state index is 11.3. The van der Waals surface area contributed by atoms with Gasteiger partial charge in [-0.05, 0) is 22.0 Å². The summed E-state index contributed by atoms with van der Waals surface area (Å²) >= 11 is 3.30. The first kappa shape index (κ1) is 10.9. The molecule has 0 bridgehead atoms. The van der Waals surface area contributed by atoms with Crippen LogP contribution in [0.5, 0.6) is 0 Å². The summed E-state index contributed by atoms with van der Waals surface area (Å²) in [4.78, 5) is 19.6. The van der Waals surface area contributed by atoms with Crippen molar-refractivity contribution in [3.05, 3.63) is 16.7 Å². The van der Waals surface area contributed by atoms with Gasteiger partial charge in [-0.2, -0.15) is 0 Å². The van der Waals surface area contributed by atoms with Crippen molar-refractivity contribution >= 4 is 38.9 Å². The Balaban J connectivity index is 2.52. The number of hydrogen-bond acceptors (Lipinski definition) is 4. The number of anilines is 1. The van der Waals surface area contributed by atoms with E-state index in [4.69, 9.17) is 5.73 Å². The Morgan fingerprint density at radius 1 is 1.69 bits per heavy atom. The molecule has 2 rings (SSSR count). The highest BCUT2D eigenvalue weighted by atomic mass is 79.9. The molecule has 0 unspecified atom stereocenters. The van der Waals surface area contributed by atoms with Gasteiger partial charge in [-0.1, -0.05) is 0 Å². The van der Waals surface area contributed by atoms with Gasteiger partial charge in [0.05, 0.1) is 0 Å². The van der Waals surface area contributed by atoms with E-state index in [0.29, 0.717) is 11.2 Å². The van der Waals surface area contributed by atoms with Gasteiger partial charge in [-0.25, -0.2) is 9.97 Å². The van der Waals surface area contributed by atoms with E-state index >= 15 is 0 Å². The molecule has 0 atom stereocenters. The highest BCUT2D eigenvalue weighted by Crippen LogP contribution is 2.19. The monoisotopic (exact) mass is 283 g/mol. The van der Waals surface area contributed by atoms with Crippen LogP contribution in [0, 0.1) is 0 Å². The first-order valence-corrected chi connectivity index (χ1v) is 5.39. The minimum absolute atomic E-state index is 0.119. The molecule has 2 heterocycles. The Hall–Kier alpha value is -1.63. The van der Waals surface area contributed by atoms with Gasteiger partial charge in [0.25, 0.3) is 0 Å². The number of likely N-dealkylation sites (N-methyl/N-ethyl adjacent to an activating group) is 1. The Labute approximate surface area is 100.0 Å². The van der Waals surface area contributed by atoms with Crippen molar-refractivity contribution in [3.8, 4) is 0 Å². The number of nitrogen functional groups attached to an aromatic ring is 1. The molecule has 2 aromatic rings. The van der Waals surface area contributed by atoms with Crippen molar-refractivity contribution in [3.63, 3.8) is 0 Å². The number of aromatic nitrogens is 3. The quantitative estimate of drug-likeness (QED) is 0.842. The smallest absolute Gasteiger partial charge is 0.239 e. The molecular formula is C9H10BrN5O. The van der Waals surface area contributed by atoms with Crippen molar-refractivity contribution in [1.82, 2.24) is 19.9 Å². The lowest BCUT2D eigenvalue weighted by Gasteiger charge is -2.03. The Bertz CT molecular complexity index is 550. The number of pyridine rings is 1. The summed E-state index contributed by atoms with van der Waals surface area (Å²) < 4.78 is 2.39. The average molecular weight is 284 g/mol. The van der Waals surface area contributed by atoms with Crippen LogP contribution in [-0.4, -0.2) is 27.5 Å². The fraction of sp³-hybridized carbons (Fsp3) is 0.222. The Kier molecular flexibility index (Phi) is 2.78. The molecule has 0 saturated carbocycles. The minimum atomic E-state index is -0.143. The lowest BCUT2D eigenvalue weighted by Crippen LogP contribution is -2.24. The van der Waals surface area contributed by atoms with Gasteiger partial charge in [-0.3, -0.25) is 9.36 Å². The van der Waals surface area contributed by atoms with Crippen LogP contribution in [0.25, 0.3) is 11.2 Å². The molecule has 0 fully saturated rings. The molecule has 7 heteroatoms. The van der Waals surface area contributed by atoms with E-state index in [1.54, 1.807) is 23.9 Å². The molecule has 0 aromatic carbocycles. The van der Waals surface area contributed by atoms with Crippen molar-refractivity contribution < 1.29 is 4.79 Å². The van der Waals surface area contributed by atoms with Crippen LogP contribution in [0.1, 0.15) is 0 Å². The number of nitrogens with zero attached hydrogens (tertiary/aromatic N) is 3. The zero-order valence-corrected chi connectivity index (χ0v) is 10.2. The molecule has 0 radical (unpaired) electrons. The van der Waals surface area contributed by atoms with E-state index in [9.17, 15) is 4.79 Å². The second-order valence-corrected chi connectivity index (χ2v) is 4.14. The number of nitrogens with one attached hydrogen (secondary N) is 1. The third kappa shape index (κ3) is 1.85. The summed E-state index contributed by atoms with van der Waals surface area (Å²) in [6.45, 7) is 0.119. The number of fused-ring (bicyclic) bond motifs is 1. The predicted octanol–water partition coefficient (Wildman–Crippen LogP) is 0.522. The van der Waals surface area contributed by atoms with Gasteiger partial charge in [-0.15, -0.1) is 0 Å². The number of halogens is 1. The van der Waals surface area contributed by atoms with E-state index in [1.807, 2.05) is 0 Å². The van der Waals surface area contributed by atoms with Crippen molar-refractivity contribution in [1.29, 1.82) is 0 Å². The summed E-state index contributed by atoms with van der Waals surface area (Å²) in [6.07, 6.45) is 1.64. The van der Waals surface area contributed by atoms with E-state index < -0.39 is 0 Å².